The zero-order valence-corrected chi connectivity index (χ0v) is 15.9. The number of hydrogen-bond donors (Lipinski definition) is 1. The molecule has 2 N–H and O–H groups in total. The van der Waals surface area contributed by atoms with Gasteiger partial charge in [-0.2, -0.15) is 0 Å². The maximum Gasteiger partial charge on any atom is 0.255 e. The van der Waals surface area contributed by atoms with E-state index in [1.54, 1.807) is 12.5 Å². The third kappa shape index (κ3) is 3.07. The van der Waals surface area contributed by atoms with Crippen LogP contribution in [0.5, 0.6) is 0 Å². The number of hydrogen-bond acceptors (Lipinski definition) is 4. The standard InChI is InChI=1S/C22H25N5O/c23-19-8-4-7-16-12-26(13-18(16)19)22(28)17-9-20-21(24-10-17)27(14-25-20)11-15-5-2-1-3-6-15/h1-3,5-6,9-10,14,16,18-19H,4,7-8,11-13,23H2/t16-,18+,19-/m1/s1. The molecular formula is C22H25N5O. The Balaban J connectivity index is 1.36. The summed E-state index contributed by atoms with van der Waals surface area (Å²) >= 11 is 0. The summed E-state index contributed by atoms with van der Waals surface area (Å²) in [4.78, 5) is 24.1. The van der Waals surface area contributed by atoms with Gasteiger partial charge in [0, 0.05) is 25.3 Å². The van der Waals surface area contributed by atoms with E-state index in [1.807, 2.05) is 33.7 Å². The van der Waals surface area contributed by atoms with E-state index < -0.39 is 0 Å². The molecule has 6 nitrogen and oxygen atoms in total. The first-order valence-corrected chi connectivity index (χ1v) is 10.1. The van der Waals surface area contributed by atoms with Crippen molar-refractivity contribution in [2.45, 2.75) is 31.8 Å². The number of aromatic nitrogens is 3. The van der Waals surface area contributed by atoms with Crippen LogP contribution in [-0.2, 0) is 6.54 Å². The Bertz CT molecular complexity index is 999. The minimum atomic E-state index is 0.0496. The summed E-state index contributed by atoms with van der Waals surface area (Å²) in [5.74, 6) is 1.04. The number of pyridine rings is 1. The highest BCUT2D eigenvalue weighted by Crippen LogP contribution is 2.36. The fourth-order valence-electron chi connectivity index (χ4n) is 4.83. The van der Waals surface area contributed by atoms with Crippen molar-refractivity contribution < 1.29 is 4.79 Å². The Morgan fingerprint density at radius 2 is 2.00 bits per heavy atom. The predicted octanol–water partition coefficient (Wildman–Crippen LogP) is 2.68. The van der Waals surface area contributed by atoms with E-state index in [2.05, 4.69) is 22.1 Å². The summed E-state index contributed by atoms with van der Waals surface area (Å²) in [6.07, 6.45) is 6.92. The van der Waals surface area contributed by atoms with Crippen LogP contribution in [0.2, 0.25) is 0 Å². The number of carbonyl (C=O) groups excluding carboxylic acids is 1. The molecule has 144 valence electrons. The molecule has 5 rings (SSSR count). The summed E-state index contributed by atoms with van der Waals surface area (Å²) in [6, 6.07) is 12.3. The normalized spacial score (nSPS) is 24.5. The molecule has 1 saturated heterocycles. The molecule has 3 aromatic rings. The zero-order chi connectivity index (χ0) is 19.1. The van der Waals surface area contributed by atoms with E-state index in [0.717, 1.165) is 30.7 Å². The molecule has 1 aromatic carbocycles. The smallest absolute Gasteiger partial charge is 0.255 e. The Morgan fingerprint density at radius 3 is 2.82 bits per heavy atom. The molecule has 2 aliphatic rings. The van der Waals surface area contributed by atoms with E-state index in [9.17, 15) is 4.79 Å². The number of likely N-dealkylation sites (tertiary alicyclic amines) is 1. The lowest BCUT2D eigenvalue weighted by atomic mass is 9.78. The van der Waals surface area contributed by atoms with Crippen LogP contribution in [0.1, 0.15) is 35.2 Å². The van der Waals surface area contributed by atoms with Crippen LogP contribution in [0.3, 0.4) is 0 Å². The number of amides is 1. The first kappa shape index (κ1) is 17.4. The highest BCUT2D eigenvalue weighted by atomic mass is 16.2. The average molecular weight is 375 g/mol. The summed E-state index contributed by atoms with van der Waals surface area (Å²) in [5.41, 5.74) is 9.67. The van der Waals surface area contributed by atoms with Gasteiger partial charge in [-0.15, -0.1) is 0 Å². The molecule has 1 amide bonds. The summed E-state index contributed by atoms with van der Waals surface area (Å²) in [6.45, 7) is 2.30. The van der Waals surface area contributed by atoms with E-state index in [0.29, 0.717) is 23.9 Å². The van der Waals surface area contributed by atoms with Gasteiger partial charge in [-0.3, -0.25) is 4.79 Å². The van der Waals surface area contributed by atoms with Crippen LogP contribution in [0.25, 0.3) is 11.2 Å². The van der Waals surface area contributed by atoms with Crippen LogP contribution in [0.15, 0.2) is 48.9 Å². The van der Waals surface area contributed by atoms with Crippen LogP contribution in [-0.4, -0.2) is 44.5 Å². The SMILES string of the molecule is N[C@@H]1CCC[C@@H]2CN(C(=O)c3cnc4c(c3)ncn4Cc3ccccc3)C[C@@H]21. The molecule has 6 heteroatoms. The molecule has 3 heterocycles. The first-order chi connectivity index (χ1) is 13.7. The summed E-state index contributed by atoms with van der Waals surface area (Å²) in [7, 11) is 0. The summed E-state index contributed by atoms with van der Waals surface area (Å²) < 4.78 is 2.02. The Hall–Kier alpha value is -2.73. The van der Waals surface area contributed by atoms with Crippen molar-refractivity contribution in [1.82, 2.24) is 19.4 Å². The van der Waals surface area contributed by atoms with Crippen LogP contribution in [0, 0.1) is 11.8 Å². The maximum absolute atomic E-state index is 13.0. The molecule has 1 saturated carbocycles. The molecule has 0 bridgehead atoms. The van der Waals surface area contributed by atoms with E-state index in [1.165, 1.54) is 18.4 Å². The lowest BCUT2D eigenvalue weighted by Gasteiger charge is -2.29. The van der Waals surface area contributed by atoms with Crippen LogP contribution < -0.4 is 5.73 Å². The Labute approximate surface area is 164 Å². The Kier molecular flexibility index (Phi) is 4.36. The van der Waals surface area contributed by atoms with Crippen molar-refractivity contribution in [2.24, 2.45) is 17.6 Å². The van der Waals surface area contributed by atoms with Gasteiger partial charge in [-0.05, 0) is 36.3 Å². The first-order valence-electron chi connectivity index (χ1n) is 10.1. The van der Waals surface area contributed by atoms with E-state index >= 15 is 0 Å². The predicted molar refractivity (Wildman–Crippen MR) is 108 cm³/mol. The van der Waals surface area contributed by atoms with Gasteiger partial charge in [0.15, 0.2) is 5.65 Å². The lowest BCUT2D eigenvalue weighted by Crippen LogP contribution is -2.38. The van der Waals surface area contributed by atoms with Crippen LogP contribution >= 0.6 is 0 Å². The number of nitrogens with two attached hydrogens (primary N) is 1. The quantitative estimate of drug-likeness (QED) is 0.764. The van der Waals surface area contributed by atoms with Crippen molar-refractivity contribution in [3.63, 3.8) is 0 Å². The third-order valence-corrected chi connectivity index (χ3v) is 6.34. The molecule has 1 aliphatic carbocycles. The summed E-state index contributed by atoms with van der Waals surface area (Å²) in [5, 5.41) is 0. The number of nitrogens with zero attached hydrogens (tertiary/aromatic N) is 4. The third-order valence-electron chi connectivity index (χ3n) is 6.34. The largest absolute Gasteiger partial charge is 0.338 e. The minimum Gasteiger partial charge on any atom is -0.338 e. The molecule has 2 aromatic heterocycles. The molecular weight excluding hydrogens is 350 g/mol. The molecule has 1 aliphatic heterocycles. The molecule has 28 heavy (non-hydrogen) atoms. The monoisotopic (exact) mass is 375 g/mol. The van der Waals surface area contributed by atoms with Crippen molar-refractivity contribution >= 4 is 17.1 Å². The number of rotatable bonds is 3. The van der Waals surface area contributed by atoms with Gasteiger partial charge in [0.2, 0.25) is 0 Å². The van der Waals surface area contributed by atoms with Crippen molar-refractivity contribution in [3.05, 3.63) is 60.0 Å². The highest BCUT2D eigenvalue weighted by Gasteiger charge is 2.40. The van der Waals surface area contributed by atoms with Gasteiger partial charge in [0.1, 0.15) is 5.52 Å². The van der Waals surface area contributed by atoms with Gasteiger partial charge < -0.3 is 15.2 Å². The number of fused-ring (bicyclic) bond motifs is 2. The van der Waals surface area contributed by atoms with Crippen molar-refractivity contribution in [3.8, 4) is 0 Å². The molecule has 0 radical (unpaired) electrons. The Morgan fingerprint density at radius 1 is 1.14 bits per heavy atom. The average Bonchev–Trinajstić information content (AvgIpc) is 3.33. The fraction of sp³-hybridized carbons (Fsp3) is 0.409. The van der Waals surface area contributed by atoms with Crippen LogP contribution in [0.4, 0.5) is 0 Å². The zero-order valence-electron chi connectivity index (χ0n) is 15.9. The van der Waals surface area contributed by atoms with E-state index in [4.69, 9.17) is 5.73 Å². The fourth-order valence-corrected chi connectivity index (χ4v) is 4.83. The number of carbonyl (C=O) groups is 1. The topological polar surface area (TPSA) is 77.0 Å². The molecule has 2 fully saturated rings. The van der Waals surface area contributed by atoms with Gasteiger partial charge >= 0.3 is 0 Å². The maximum atomic E-state index is 13.0. The van der Waals surface area contributed by atoms with Crippen molar-refractivity contribution in [1.29, 1.82) is 0 Å². The van der Waals surface area contributed by atoms with Gasteiger partial charge in [0.25, 0.3) is 5.91 Å². The van der Waals surface area contributed by atoms with E-state index in [-0.39, 0.29) is 11.9 Å². The highest BCUT2D eigenvalue weighted by molar-refractivity contribution is 5.96. The van der Waals surface area contributed by atoms with Crippen molar-refractivity contribution in [2.75, 3.05) is 13.1 Å². The molecule has 3 atom stereocenters. The second kappa shape index (κ2) is 7.02. The molecule has 0 unspecified atom stereocenters. The number of benzene rings is 1. The number of imidazole rings is 1. The van der Waals surface area contributed by atoms with Gasteiger partial charge in [-0.25, -0.2) is 9.97 Å². The lowest BCUT2D eigenvalue weighted by molar-refractivity contribution is 0.0783. The molecule has 0 spiro atoms. The van der Waals surface area contributed by atoms with Gasteiger partial charge in [0.05, 0.1) is 18.4 Å². The van der Waals surface area contributed by atoms with Gasteiger partial charge in [-0.1, -0.05) is 36.8 Å². The minimum absolute atomic E-state index is 0.0496. The second-order valence-electron chi connectivity index (χ2n) is 8.15. The second-order valence-corrected chi connectivity index (χ2v) is 8.15.